The summed E-state index contributed by atoms with van der Waals surface area (Å²) in [6.45, 7) is 1.96. The largest absolute Gasteiger partial charge is 0.507 e. The molecule has 148 valence electrons. The molecular weight excluding hydrogens is 369 g/mol. The molecule has 2 aliphatic heterocycles. The van der Waals surface area contributed by atoms with Crippen LogP contribution in [0.4, 0.5) is 4.39 Å². The summed E-state index contributed by atoms with van der Waals surface area (Å²) < 4.78 is 15.1. The molecule has 0 amide bonds. The van der Waals surface area contributed by atoms with Crippen molar-refractivity contribution in [3.05, 3.63) is 48.1 Å². The summed E-state index contributed by atoms with van der Waals surface area (Å²) in [5, 5.41) is 24.0. The Labute approximate surface area is 167 Å². The van der Waals surface area contributed by atoms with Gasteiger partial charge >= 0.3 is 0 Å². The Morgan fingerprint density at radius 2 is 2.14 bits per heavy atom. The number of aromatic nitrogens is 4. The topological polar surface area (TPSA) is 83.8 Å². The Hall–Kier alpha value is -2.93. The maximum atomic E-state index is 15.1. The van der Waals surface area contributed by atoms with Gasteiger partial charge < -0.3 is 10.4 Å². The van der Waals surface area contributed by atoms with Gasteiger partial charge in [-0.05, 0) is 67.8 Å². The van der Waals surface area contributed by atoms with Crippen LogP contribution in [-0.4, -0.2) is 43.0 Å². The van der Waals surface area contributed by atoms with E-state index in [1.165, 1.54) is 0 Å². The molecule has 6 nitrogen and oxygen atoms in total. The lowest BCUT2D eigenvalue weighted by molar-refractivity contribution is 0.0993. The number of nitrogens with zero attached hydrogens (tertiary/aromatic N) is 4. The summed E-state index contributed by atoms with van der Waals surface area (Å²) in [4.78, 5) is 8.42. The standard InChI is InChI=1S/C22H22FN5O/c1-22-5-2-3-16(26-22)7-14(20(22)23)8-17-12-25-21(28-27-17)18-9-13-4-6-24-11-15(13)10-19(18)29/h4,6,8-12,16,20,26,29H,2-3,5,7H2,1H3/b14-8+/t16-,20+,22+/m1/s1. The van der Waals surface area contributed by atoms with E-state index in [0.717, 1.165) is 35.6 Å². The Balaban J connectivity index is 1.45. The average molecular weight is 391 g/mol. The quantitative estimate of drug-likeness (QED) is 0.691. The van der Waals surface area contributed by atoms with E-state index in [0.29, 0.717) is 29.5 Å². The first-order valence-electron chi connectivity index (χ1n) is 9.91. The average Bonchev–Trinajstić information content (AvgIpc) is 2.72. The highest BCUT2D eigenvalue weighted by Crippen LogP contribution is 2.39. The number of alkyl halides is 1. The molecule has 1 aromatic carbocycles. The van der Waals surface area contributed by atoms with E-state index in [2.05, 4.69) is 25.5 Å². The van der Waals surface area contributed by atoms with Crippen LogP contribution in [-0.2, 0) is 0 Å². The summed E-state index contributed by atoms with van der Waals surface area (Å²) in [6, 6.07) is 5.63. The number of rotatable bonds is 2. The van der Waals surface area contributed by atoms with E-state index in [-0.39, 0.29) is 5.75 Å². The first kappa shape index (κ1) is 18.1. The van der Waals surface area contributed by atoms with Gasteiger partial charge in [0.15, 0.2) is 5.82 Å². The number of hydrogen-bond acceptors (Lipinski definition) is 6. The van der Waals surface area contributed by atoms with Crippen molar-refractivity contribution < 1.29 is 9.50 Å². The molecule has 0 aliphatic carbocycles. The van der Waals surface area contributed by atoms with Crippen molar-refractivity contribution in [3.63, 3.8) is 0 Å². The highest BCUT2D eigenvalue weighted by molar-refractivity contribution is 5.88. The summed E-state index contributed by atoms with van der Waals surface area (Å²) in [5.74, 6) is 0.399. The Bertz CT molecular complexity index is 1100. The number of nitrogens with one attached hydrogen (secondary N) is 1. The van der Waals surface area contributed by atoms with E-state index in [4.69, 9.17) is 0 Å². The number of phenolic OH excluding ortho intramolecular Hbond substituents is 1. The summed E-state index contributed by atoms with van der Waals surface area (Å²) in [6.07, 6.45) is 9.34. The third-order valence-corrected chi connectivity index (χ3v) is 6.06. The minimum Gasteiger partial charge on any atom is -0.507 e. The second-order valence-corrected chi connectivity index (χ2v) is 8.24. The van der Waals surface area contributed by atoms with Crippen LogP contribution in [0.25, 0.3) is 28.2 Å². The zero-order chi connectivity index (χ0) is 20.0. The highest BCUT2D eigenvalue weighted by Gasteiger charge is 2.45. The number of phenols is 1. The molecule has 0 saturated carbocycles. The fourth-order valence-corrected chi connectivity index (χ4v) is 4.58. The van der Waals surface area contributed by atoms with Crippen molar-refractivity contribution in [1.29, 1.82) is 0 Å². The molecule has 2 fully saturated rings. The van der Waals surface area contributed by atoms with Gasteiger partial charge in [-0.2, -0.15) is 0 Å². The lowest BCUT2D eigenvalue weighted by atomic mass is 9.74. The number of piperidine rings is 2. The summed E-state index contributed by atoms with van der Waals surface area (Å²) in [5.41, 5.74) is 1.28. The molecular formula is C22H22FN5O. The summed E-state index contributed by atoms with van der Waals surface area (Å²) >= 11 is 0. The van der Waals surface area contributed by atoms with E-state index in [1.807, 2.05) is 19.1 Å². The van der Waals surface area contributed by atoms with Crippen LogP contribution >= 0.6 is 0 Å². The van der Waals surface area contributed by atoms with E-state index in [9.17, 15) is 5.11 Å². The van der Waals surface area contributed by atoms with Crippen molar-refractivity contribution in [3.8, 4) is 17.1 Å². The monoisotopic (exact) mass is 391 g/mol. The van der Waals surface area contributed by atoms with Gasteiger partial charge in [-0.25, -0.2) is 9.37 Å². The van der Waals surface area contributed by atoms with Gasteiger partial charge in [-0.15, -0.1) is 10.2 Å². The lowest BCUT2D eigenvalue weighted by Crippen LogP contribution is -2.61. The van der Waals surface area contributed by atoms with E-state index in [1.54, 1.807) is 30.7 Å². The molecule has 29 heavy (non-hydrogen) atoms. The molecule has 3 aromatic rings. The minimum absolute atomic E-state index is 0.0707. The summed E-state index contributed by atoms with van der Waals surface area (Å²) in [7, 11) is 0. The SMILES string of the molecule is C[C@]12CCC[C@H](C/C(=C\c3cnc(-c4cc5ccncc5cc4O)nn3)[C@@H]1F)N2. The number of fused-ring (bicyclic) bond motifs is 3. The zero-order valence-electron chi connectivity index (χ0n) is 16.1. The maximum Gasteiger partial charge on any atom is 0.185 e. The second kappa shape index (κ2) is 6.84. The molecule has 4 heterocycles. The smallest absolute Gasteiger partial charge is 0.185 e. The van der Waals surface area contributed by atoms with Crippen LogP contribution in [0.5, 0.6) is 5.75 Å². The molecule has 5 rings (SSSR count). The Kier molecular flexibility index (Phi) is 4.28. The lowest BCUT2D eigenvalue weighted by Gasteiger charge is -2.47. The van der Waals surface area contributed by atoms with Gasteiger partial charge in [0.2, 0.25) is 0 Å². The first-order chi connectivity index (χ1) is 14.0. The zero-order valence-corrected chi connectivity index (χ0v) is 16.1. The van der Waals surface area contributed by atoms with Crippen molar-refractivity contribution >= 4 is 16.8 Å². The van der Waals surface area contributed by atoms with E-state index < -0.39 is 11.7 Å². The van der Waals surface area contributed by atoms with Crippen LogP contribution in [0.15, 0.2) is 42.4 Å². The van der Waals surface area contributed by atoms with Gasteiger partial charge in [0.25, 0.3) is 0 Å². The fourth-order valence-electron chi connectivity index (χ4n) is 4.58. The third kappa shape index (κ3) is 3.25. The number of halogens is 1. The molecule has 3 atom stereocenters. The van der Waals surface area contributed by atoms with Gasteiger partial charge in [-0.3, -0.25) is 4.98 Å². The second-order valence-electron chi connectivity index (χ2n) is 8.24. The molecule has 0 unspecified atom stereocenters. The molecule has 2 aliphatic rings. The van der Waals surface area contributed by atoms with Crippen LogP contribution in [0.2, 0.25) is 0 Å². The van der Waals surface area contributed by atoms with Gasteiger partial charge in [0.05, 0.1) is 17.3 Å². The van der Waals surface area contributed by atoms with Crippen LogP contribution in [0.1, 0.15) is 38.3 Å². The Morgan fingerprint density at radius 3 is 2.97 bits per heavy atom. The molecule has 2 bridgehead atoms. The highest BCUT2D eigenvalue weighted by atomic mass is 19.1. The number of pyridine rings is 1. The van der Waals surface area contributed by atoms with Crippen molar-refractivity contribution in [2.24, 2.45) is 0 Å². The van der Waals surface area contributed by atoms with Gasteiger partial charge in [0, 0.05) is 23.8 Å². The van der Waals surface area contributed by atoms with Crippen molar-refractivity contribution in [2.45, 2.75) is 50.4 Å². The Morgan fingerprint density at radius 1 is 1.24 bits per heavy atom. The predicted molar refractivity (Wildman–Crippen MR) is 109 cm³/mol. The van der Waals surface area contributed by atoms with E-state index >= 15 is 4.39 Å². The predicted octanol–water partition coefficient (Wildman–Crippen LogP) is 3.82. The van der Waals surface area contributed by atoms with Gasteiger partial charge in [0.1, 0.15) is 17.6 Å². The maximum absolute atomic E-state index is 15.1. The van der Waals surface area contributed by atoms with Crippen LogP contribution in [0.3, 0.4) is 0 Å². The van der Waals surface area contributed by atoms with Crippen LogP contribution in [0, 0.1) is 0 Å². The molecule has 2 N–H and O–H groups in total. The molecule has 0 radical (unpaired) electrons. The molecule has 0 spiro atoms. The fraction of sp³-hybridized carbons (Fsp3) is 0.364. The number of aromatic hydroxyl groups is 1. The molecule has 7 heteroatoms. The molecule has 2 aromatic heterocycles. The van der Waals surface area contributed by atoms with Crippen LogP contribution < -0.4 is 5.32 Å². The number of benzene rings is 1. The van der Waals surface area contributed by atoms with Gasteiger partial charge in [-0.1, -0.05) is 0 Å². The number of hydrogen-bond donors (Lipinski definition) is 2. The normalized spacial score (nSPS) is 28.0. The van der Waals surface area contributed by atoms with Crippen molar-refractivity contribution in [2.75, 3.05) is 0 Å². The van der Waals surface area contributed by atoms with Crippen molar-refractivity contribution in [1.82, 2.24) is 25.5 Å². The molecule has 2 saturated heterocycles. The first-order valence-corrected chi connectivity index (χ1v) is 9.91. The minimum atomic E-state index is -1.04. The third-order valence-electron chi connectivity index (χ3n) is 6.06.